The Balaban J connectivity index is 1.55. The molecule has 1 nitrogen and oxygen atoms in total. The third-order valence-corrected chi connectivity index (χ3v) is 3.02. The third kappa shape index (κ3) is 3.82. The fourth-order valence-corrected chi connectivity index (χ4v) is 2.09. The predicted octanol–water partition coefficient (Wildman–Crippen LogP) is 3.75. The van der Waals surface area contributed by atoms with Gasteiger partial charge in [0.15, 0.2) is 0 Å². The second-order valence-corrected chi connectivity index (χ2v) is 4.40. The molecule has 0 saturated carbocycles. The normalized spacial score (nSPS) is 15.1. The zero-order valence-corrected chi connectivity index (χ0v) is 9.82. The average Bonchev–Trinajstić information content (AvgIpc) is 2.83. The van der Waals surface area contributed by atoms with Gasteiger partial charge in [0.25, 0.3) is 0 Å². The lowest BCUT2D eigenvalue weighted by Crippen LogP contribution is -2.00. The molecule has 1 aliphatic carbocycles. The largest absolute Gasteiger partial charge is 0.377 e. The van der Waals surface area contributed by atoms with Gasteiger partial charge in [-0.2, -0.15) is 0 Å². The summed E-state index contributed by atoms with van der Waals surface area (Å²) in [5.74, 6) is 0. The van der Waals surface area contributed by atoms with Crippen molar-refractivity contribution in [2.45, 2.75) is 32.1 Å². The SMILES string of the molecule is C1=C(COCCCc2ccccc2)CCC1. The van der Waals surface area contributed by atoms with Crippen molar-refractivity contribution in [3.8, 4) is 0 Å². The average molecular weight is 216 g/mol. The van der Waals surface area contributed by atoms with E-state index in [1.54, 1.807) is 0 Å². The van der Waals surface area contributed by atoms with Gasteiger partial charge in [-0.25, -0.2) is 0 Å². The Morgan fingerprint density at radius 3 is 2.75 bits per heavy atom. The van der Waals surface area contributed by atoms with Crippen LogP contribution in [0.1, 0.15) is 31.2 Å². The summed E-state index contributed by atoms with van der Waals surface area (Å²) in [6, 6.07) is 10.6. The van der Waals surface area contributed by atoms with Crippen LogP contribution in [0.5, 0.6) is 0 Å². The summed E-state index contributed by atoms with van der Waals surface area (Å²) in [6.07, 6.45) is 8.40. The molecular weight excluding hydrogens is 196 g/mol. The molecule has 0 bridgehead atoms. The molecule has 0 fully saturated rings. The lowest BCUT2D eigenvalue weighted by molar-refractivity contribution is 0.152. The molecule has 0 N–H and O–H groups in total. The summed E-state index contributed by atoms with van der Waals surface area (Å²) < 4.78 is 5.67. The molecule has 0 amide bonds. The fourth-order valence-electron chi connectivity index (χ4n) is 2.09. The molecule has 0 aliphatic heterocycles. The molecule has 1 heteroatoms. The summed E-state index contributed by atoms with van der Waals surface area (Å²) in [6.45, 7) is 1.74. The van der Waals surface area contributed by atoms with Gasteiger partial charge in [-0.15, -0.1) is 0 Å². The molecule has 0 atom stereocenters. The van der Waals surface area contributed by atoms with Gasteiger partial charge in [-0.3, -0.25) is 0 Å². The van der Waals surface area contributed by atoms with E-state index in [-0.39, 0.29) is 0 Å². The molecule has 0 spiro atoms. The minimum absolute atomic E-state index is 0.856. The minimum Gasteiger partial charge on any atom is -0.377 e. The molecule has 86 valence electrons. The van der Waals surface area contributed by atoms with Crippen LogP contribution in [0.2, 0.25) is 0 Å². The molecule has 0 saturated heterocycles. The molecule has 1 aromatic carbocycles. The molecule has 1 aliphatic rings. The van der Waals surface area contributed by atoms with E-state index in [0.29, 0.717) is 0 Å². The Kier molecular flexibility index (Phi) is 4.63. The zero-order valence-electron chi connectivity index (χ0n) is 9.82. The van der Waals surface area contributed by atoms with E-state index in [1.165, 1.54) is 30.4 Å². The molecule has 0 heterocycles. The van der Waals surface area contributed by atoms with E-state index in [0.717, 1.165) is 26.1 Å². The van der Waals surface area contributed by atoms with Gasteiger partial charge in [0, 0.05) is 6.61 Å². The number of allylic oxidation sites excluding steroid dienone is 1. The van der Waals surface area contributed by atoms with Gasteiger partial charge >= 0.3 is 0 Å². The maximum absolute atomic E-state index is 5.67. The van der Waals surface area contributed by atoms with E-state index < -0.39 is 0 Å². The minimum atomic E-state index is 0.856. The fraction of sp³-hybridized carbons (Fsp3) is 0.467. The Bertz CT molecular complexity index is 327. The summed E-state index contributed by atoms with van der Waals surface area (Å²) in [4.78, 5) is 0. The standard InChI is InChI=1S/C15H20O/c1-2-7-14(8-3-1)11-6-12-16-13-15-9-4-5-10-15/h1-3,7-9H,4-6,10-13H2. The van der Waals surface area contributed by atoms with Gasteiger partial charge < -0.3 is 4.74 Å². The highest BCUT2D eigenvalue weighted by Gasteiger charge is 2.03. The molecular formula is C15H20O. The van der Waals surface area contributed by atoms with Crippen molar-refractivity contribution < 1.29 is 4.74 Å². The quantitative estimate of drug-likeness (QED) is 0.520. The Morgan fingerprint density at radius 2 is 2.00 bits per heavy atom. The Hall–Kier alpha value is -1.08. The van der Waals surface area contributed by atoms with Gasteiger partial charge in [0.05, 0.1) is 6.61 Å². The van der Waals surface area contributed by atoms with Crippen molar-refractivity contribution in [2.75, 3.05) is 13.2 Å². The monoisotopic (exact) mass is 216 g/mol. The van der Waals surface area contributed by atoms with Crippen molar-refractivity contribution in [1.82, 2.24) is 0 Å². The zero-order chi connectivity index (χ0) is 11.1. The van der Waals surface area contributed by atoms with E-state index in [4.69, 9.17) is 4.74 Å². The highest BCUT2D eigenvalue weighted by molar-refractivity contribution is 5.14. The maximum Gasteiger partial charge on any atom is 0.0676 e. The van der Waals surface area contributed by atoms with Crippen LogP contribution in [0.4, 0.5) is 0 Å². The highest BCUT2D eigenvalue weighted by Crippen LogP contribution is 2.17. The number of benzene rings is 1. The topological polar surface area (TPSA) is 9.23 Å². The maximum atomic E-state index is 5.67. The second kappa shape index (κ2) is 6.49. The Labute approximate surface area is 98.1 Å². The number of rotatable bonds is 6. The lowest BCUT2D eigenvalue weighted by atomic mass is 10.1. The van der Waals surface area contributed by atoms with Crippen LogP contribution in [0.15, 0.2) is 42.0 Å². The predicted molar refractivity (Wildman–Crippen MR) is 67.5 cm³/mol. The van der Waals surface area contributed by atoms with E-state index >= 15 is 0 Å². The van der Waals surface area contributed by atoms with Crippen molar-refractivity contribution >= 4 is 0 Å². The van der Waals surface area contributed by atoms with Crippen molar-refractivity contribution in [3.05, 3.63) is 47.5 Å². The Morgan fingerprint density at radius 1 is 1.12 bits per heavy atom. The molecule has 1 aromatic rings. The molecule has 2 rings (SSSR count). The summed E-state index contributed by atoms with van der Waals surface area (Å²) in [5.41, 5.74) is 2.91. The van der Waals surface area contributed by atoms with Crippen LogP contribution in [-0.2, 0) is 11.2 Å². The van der Waals surface area contributed by atoms with Gasteiger partial charge in [-0.1, -0.05) is 36.4 Å². The van der Waals surface area contributed by atoms with E-state index in [2.05, 4.69) is 36.4 Å². The first kappa shape index (κ1) is 11.4. The highest BCUT2D eigenvalue weighted by atomic mass is 16.5. The number of hydrogen-bond donors (Lipinski definition) is 0. The smallest absolute Gasteiger partial charge is 0.0676 e. The summed E-state index contributed by atoms with van der Waals surface area (Å²) in [5, 5.41) is 0. The third-order valence-electron chi connectivity index (χ3n) is 3.02. The number of hydrogen-bond acceptors (Lipinski definition) is 1. The van der Waals surface area contributed by atoms with Crippen LogP contribution in [0.25, 0.3) is 0 Å². The van der Waals surface area contributed by atoms with Crippen molar-refractivity contribution in [3.63, 3.8) is 0 Å². The first-order valence-electron chi connectivity index (χ1n) is 6.25. The van der Waals surface area contributed by atoms with Crippen LogP contribution < -0.4 is 0 Å². The van der Waals surface area contributed by atoms with E-state index in [9.17, 15) is 0 Å². The van der Waals surface area contributed by atoms with Gasteiger partial charge in [0.1, 0.15) is 0 Å². The van der Waals surface area contributed by atoms with Crippen LogP contribution in [-0.4, -0.2) is 13.2 Å². The molecule has 0 aromatic heterocycles. The first-order valence-corrected chi connectivity index (χ1v) is 6.25. The number of aryl methyl sites for hydroxylation is 1. The lowest BCUT2D eigenvalue weighted by Gasteiger charge is -2.05. The van der Waals surface area contributed by atoms with Gasteiger partial charge in [0.2, 0.25) is 0 Å². The van der Waals surface area contributed by atoms with Crippen LogP contribution >= 0.6 is 0 Å². The molecule has 16 heavy (non-hydrogen) atoms. The second-order valence-electron chi connectivity index (χ2n) is 4.40. The first-order chi connectivity index (χ1) is 7.95. The molecule has 0 unspecified atom stereocenters. The van der Waals surface area contributed by atoms with Gasteiger partial charge in [-0.05, 0) is 43.2 Å². The van der Waals surface area contributed by atoms with Crippen LogP contribution in [0.3, 0.4) is 0 Å². The number of ether oxygens (including phenoxy) is 1. The van der Waals surface area contributed by atoms with E-state index in [1.807, 2.05) is 0 Å². The summed E-state index contributed by atoms with van der Waals surface area (Å²) in [7, 11) is 0. The summed E-state index contributed by atoms with van der Waals surface area (Å²) >= 11 is 0. The van der Waals surface area contributed by atoms with Crippen molar-refractivity contribution in [1.29, 1.82) is 0 Å². The van der Waals surface area contributed by atoms with Crippen molar-refractivity contribution in [2.24, 2.45) is 0 Å². The molecule has 0 radical (unpaired) electrons. The van der Waals surface area contributed by atoms with Crippen LogP contribution in [0, 0.1) is 0 Å².